The molecule has 0 aliphatic carbocycles. The summed E-state index contributed by atoms with van der Waals surface area (Å²) in [6.45, 7) is 15.2. The molecule has 4 nitrogen and oxygen atoms in total. The molecule has 0 bridgehead atoms. The summed E-state index contributed by atoms with van der Waals surface area (Å²) in [4.78, 5) is 0.143. The monoisotopic (exact) mass is 663 g/mol. The molecular weight excluding hydrogens is 625 g/mol. The van der Waals surface area contributed by atoms with E-state index >= 15 is 0 Å². The summed E-state index contributed by atoms with van der Waals surface area (Å²) in [5.74, 6) is 0. The second-order valence-electron chi connectivity index (χ2n) is 9.89. The Morgan fingerprint density at radius 1 is 0.575 bits per heavy atom. The van der Waals surface area contributed by atoms with Crippen LogP contribution in [0.2, 0.25) is 0 Å². The van der Waals surface area contributed by atoms with Gasteiger partial charge in [-0.2, -0.15) is 0 Å². The second kappa shape index (κ2) is 15.6. The number of nitrogens with one attached hydrogen (secondary N) is 1. The van der Waals surface area contributed by atoms with E-state index in [1.165, 1.54) is 33.4 Å². The van der Waals surface area contributed by atoms with E-state index in [-0.39, 0.29) is 36.8 Å². The van der Waals surface area contributed by atoms with Gasteiger partial charge in [-0.25, -0.2) is 8.42 Å². The Morgan fingerprint density at radius 3 is 1.30 bits per heavy atom. The summed E-state index contributed by atoms with van der Waals surface area (Å²) in [6, 6.07) is 23.3. The van der Waals surface area contributed by atoms with Gasteiger partial charge in [-0.1, -0.05) is 89.5 Å². The topological polar surface area (TPSA) is 72.0 Å². The Kier molecular flexibility index (Phi) is 13.9. The number of benzene rings is 4. The number of hydrogen-bond donors (Lipinski definition) is 0. The van der Waals surface area contributed by atoms with Crippen LogP contribution in [0.4, 0.5) is 0 Å². The molecule has 0 fully saturated rings. The molecule has 0 aliphatic heterocycles. The molecule has 4 aromatic rings. The SMILES string of the molecule is Cc1c(C)c(C)c(C)c(C)c1C.Cc1ccc(S(=O)(=O)[N-][C@H](c2ccccc2)[C@H]([NH-])c2ccccc2)cc1.[Cl-].[Ru+3]. The predicted molar refractivity (Wildman–Crippen MR) is 159 cm³/mol. The van der Waals surface area contributed by atoms with Crippen LogP contribution in [0.3, 0.4) is 0 Å². The maximum Gasteiger partial charge on any atom is 3.00 e. The molecule has 1 radical (unpaired) electrons. The van der Waals surface area contributed by atoms with Gasteiger partial charge >= 0.3 is 19.5 Å². The molecule has 1 N–H and O–H groups in total. The summed E-state index contributed by atoms with van der Waals surface area (Å²) in [7, 11) is -3.87. The molecule has 4 aromatic carbocycles. The van der Waals surface area contributed by atoms with Gasteiger partial charge in [-0.3, -0.25) is 0 Å². The zero-order chi connectivity index (χ0) is 28.0. The molecule has 7 heteroatoms. The number of hydrogen-bond acceptors (Lipinski definition) is 2. The van der Waals surface area contributed by atoms with Gasteiger partial charge in [0, 0.05) is 4.90 Å². The largest absolute Gasteiger partial charge is 3.00 e. The van der Waals surface area contributed by atoms with Crippen LogP contribution in [0.25, 0.3) is 10.5 Å². The number of sulfonamides is 1. The second-order valence-corrected chi connectivity index (χ2v) is 11.5. The van der Waals surface area contributed by atoms with Crippen LogP contribution in [0, 0.1) is 48.5 Å². The van der Waals surface area contributed by atoms with Crippen molar-refractivity contribution in [2.24, 2.45) is 0 Å². The molecule has 2 atom stereocenters. The molecule has 0 heterocycles. The van der Waals surface area contributed by atoms with E-state index in [1.54, 1.807) is 24.3 Å². The van der Waals surface area contributed by atoms with Gasteiger partial charge < -0.3 is 22.9 Å². The van der Waals surface area contributed by atoms with Crippen LogP contribution < -0.4 is 12.4 Å². The molecule has 0 aromatic heterocycles. The van der Waals surface area contributed by atoms with E-state index in [2.05, 4.69) is 46.3 Å². The first-order chi connectivity index (χ1) is 17.9. The molecule has 40 heavy (non-hydrogen) atoms. The van der Waals surface area contributed by atoms with Crippen molar-refractivity contribution in [1.82, 2.24) is 0 Å². The predicted octanol–water partition coefficient (Wildman–Crippen LogP) is 6.13. The third-order valence-electron chi connectivity index (χ3n) is 7.56. The molecule has 0 aliphatic rings. The van der Waals surface area contributed by atoms with E-state index in [1.807, 2.05) is 67.6 Å². The summed E-state index contributed by atoms with van der Waals surface area (Å²) in [5.41, 5.74) is 19.8. The van der Waals surface area contributed by atoms with Crippen molar-refractivity contribution < 1.29 is 40.3 Å². The van der Waals surface area contributed by atoms with Crippen LogP contribution in [-0.2, 0) is 29.5 Å². The molecule has 0 amide bonds. The maximum absolute atomic E-state index is 12.8. The van der Waals surface area contributed by atoms with E-state index in [4.69, 9.17) is 5.73 Å². The molecule has 213 valence electrons. The van der Waals surface area contributed by atoms with Crippen LogP contribution >= 0.6 is 0 Å². The molecule has 0 unspecified atom stereocenters. The minimum Gasteiger partial charge on any atom is -1.00 e. The number of nitrogens with zero attached hydrogens (tertiary/aromatic N) is 1. The van der Waals surface area contributed by atoms with Crippen LogP contribution in [0.15, 0.2) is 89.8 Å². The van der Waals surface area contributed by atoms with E-state index in [9.17, 15) is 8.42 Å². The Hall–Kier alpha value is -2.34. The fourth-order valence-corrected chi connectivity index (χ4v) is 5.56. The van der Waals surface area contributed by atoms with Gasteiger partial charge in [0.25, 0.3) is 0 Å². The van der Waals surface area contributed by atoms with Crippen molar-refractivity contribution in [1.29, 1.82) is 0 Å². The van der Waals surface area contributed by atoms with Gasteiger partial charge in [-0.15, -0.1) is 12.1 Å². The fraction of sp³-hybridized carbons (Fsp3) is 0.273. The van der Waals surface area contributed by atoms with Gasteiger partial charge in [-0.05, 0) is 94.0 Å². The summed E-state index contributed by atoms with van der Waals surface area (Å²) >= 11 is 0. The number of halogens is 1. The summed E-state index contributed by atoms with van der Waals surface area (Å²) in [5, 5.41) is 0. The minimum atomic E-state index is -3.87. The third-order valence-corrected chi connectivity index (χ3v) is 8.93. The van der Waals surface area contributed by atoms with Crippen molar-refractivity contribution in [3.05, 3.63) is 145 Å². The molecule has 4 rings (SSSR count). The Bertz CT molecular complexity index is 1370. The normalized spacial score (nSPS) is 12.2. The first-order valence-corrected chi connectivity index (χ1v) is 14.3. The van der Waals surface area contributed by atoms with E-state index < -0.39 is 22.1 Å². The minimum absolute atomic E-state index is 0. The van der Waals surface area contributed by atoms with Crippen LogP contribution in [-0.4, -0.2) is 8.42 Å². The van der Waals surface area contributed by atoms with Gasteiger partial charge in [0.1, 0.15) is 10.0 Å². The first-order valence-electron chi connectivity index (χ1n) is 12.8. The molecule has 0 saturated heterocycles. The quantitative estimate of drug-likeness (QED) is 0.233. The fourth-order valence-electron chi connectivity index (χ4n) is 4.42. The molecule has 0 saturated carbocycles. The number of aryl methyl sites for hydroxylation is 1. The standard InChI is InChI=1S/C21H20N2O2S.C12H18.ClH.Ru/c1-16-12-14-19(15-13-16)26(24,25)23-21(18-10-6-3-7-11-18)20(22)17-8-4-2-5-9-17;1-7-8(2)10(4)12(6)11(5)9(7)3;;/h2-15,20-22H,1H3;1-6H3;1H;/q-2;;;+3/p-1/t20-,21-;;;/m1.../s1. The Balaban J connectivity index is 0.000000486. The maximum atomic E-state index is 12.8. The van der Waals surface area contributed by atoms with E-state index in [0.29, 0.717) is 5.56 Å². The van der Waals surface area contributed by atoms with Crippen LogP contribution in [0.1, 0.15) is 62.2 Å². The van der Waals surface area contributed by atoms with Gasteiger partial charge in [0.2, 0.25) is 0 Å². The van der Waals surface area contributed by atoms with Gasteiger partial charge in [0.05, 0.1) is 0 Å². The third kappa shape index (κ3) is 8.58. The molecule has 0 spiro atoms. The van der Waals surface area contributed by atoms with Crippen LogP contribution in [0.5, 0.6) is 0 Å². The Labute approximate surface area is 260 Å². The zero-order valence-electron chi connectivity index (χ0n) is 24.1. The smallest absolute Gasteiger partial charge is 1.00 e. The van der Waals surface area contributed by atoms with Gasteiger partial charge in [0.15, 0.2) is 0 Å². The van der Waals surface area contributed by atoms with Crippen molar-refractivity contribution in [3.8, 4) is 0 Å². The number of rotatable bonds is 6. The first kappa shape index (κ1) is 35.7. The van der Waals surface area contributed by atoms with E-state index in [0.717, 1.165) is 11.1 Å². The summed E-state index contributed by atoms with van der Waals surface area (Å²) in [6.07, 6.45) is 0. The average Bonchev–Trinajstić information content (AvgIpc) is 2.94. The van der Waals surface area contributed by atoms with Crippen molar-refractivity contribution in [2.75, 3.05) is 0 Å². The van der Waals surface area contributed by atoms with Crippen molar-refractivity contribution in [2.45, 2.75) is 65.4 Å². The zero-order valence-corrected chi connectivity index (χ0v) is 27.5. The van der Waals surface area contributed by atoms with Crippen molar-refractivity contribution >= 4 is 10.0 Å². The molecular formula is C33H38ClN2O2RuS. The summed E-state index contributed by atoms with van der Waals surface area (Å²) < 4.78 is 29.8. The van der Waals surface area contributed by atoms with Crippen molar-refractivity contribution in [3.63, 3.8) is 0 Å². The average molecular weight is 663 g/mol. The Morgan fingerprint density at radius 2 is 0.925 bits per heavy atom.